The zero-order chi connectivity index (χ0) is 11.1. The Morgan fingerprint density at radius 2 is 2.53 bits per heavy atom. The second-order valence-electron chi connectivity index (χ2n) is 3.68. The summed E-state index contributed by atoms with van der Waals surface area (Å²) in [6, 6.07) is -0.422. The minimum atomic E-state index is -0.327. The fraction of sp³-hybridized carbons (Fsp3) is 0.800. The van der Waals surface area contributed by atoms with E-state index in [-0.39, 0.29) is 18.0 Å². The minimum absolute atomic E-state index is 0.0364. The van der Waals surface area contributed by atoms with Gasteiger partial charge in [-0.3, -0.25) is 4.79 Å². The molecule has 2 N–H and O–H groups in total. The molecule has 0 saturated carbocycles. The highest BCUT2D eigenvalue weighted by Crippen LogP contribution is 2.06. The molecular weight excluding hydrogens is 212 g/mol. The van der Waals surface area contributed by atoms with E-state index in [0.29, 0.717) is 6.42 Å². The van der Waals surface area contributed by atoms with E-state index in [1.54, 1.807) is 11.8 Å². The fourth-order valence-electron chi connectivity index (χ4n) is 1.61. The van der Waals surface area contributed by atoms with Crippen molar-refractivity contribution in [3.8, 4) is 0 Å². The standard InChI is InChI=1S/C10H18N2O2S/c1-15-6-4-8(7-13)12-10(14)9-3-2-5-11-9/h7-9,11H,2-6H2,1H3,(H,12,14). The van der Waals surface area contributed by atoms with Crippen molar-refractivity contribution < 1.29 is 9.59 Å². The monoisotopic (exact) mass is 230 g/mol. The van der Waals surface area contributed by atoms with Gasteiger partial charge in [-0.25, -0.2) is 0 Å². The van der Waals surface area contributed by atoms with Gasteiger partial charge in [0.1, 0.15) is 6.29 Å². The summed E-state index contributed by atoms with van der Waals surface area (Å²) in [5.41, 5.74) is 0. The van der Waals surface area contributed by atoms with Gasteiger partial charge in [-0.2, -0.15) is 11.8 Å². The molecule has 2 atom stereocenters. The van der Waals surface area contributed by atoms with Gasteiger partial charge in [-0.1, -0.05) is 0 Å². The number of carbonyl (C=O) groups is 2. The summed E-state index contributed by atoms with van der Waals surface area (Å²) in [6.07, 6.45) is 5.43. The lowest BCUT2D eigenvalue weighted by Crippen LogP contribution is -2.46. The summed E-state index contributed by atoms with van der Waals surface area (Å²) >= 11 is 1.68. The fourth-order valence-corrected chi connectivity index (χ4v) is 2.10. The quantitative estimate of drug-likeness (QED) is 0.639. The smallest absolute Gasteiger partial charge is 0.237 e. The van der Waals surface area contributed by atoms with E-state index in [2.05, 4.69) is 10.6 Å². The van der Waals surface area contributed by atoms with Crippen LogP contribution in [0.3, 0.4) is 0 Å². The van der Waals surface area contributed by atoms with Gasteiger partial charge in [0.2, 0.25) is 5.91 Å². The average Bonchev–Trinajstić information content (AvgIpc) is 2.77. The lowest BCUT2D eigenvalue weighted by molar-refractivity contribution is -0.125. The number of carbonyl (C=O) groups excluding carboxylic acids is 2. The predicted octanol–water partition coefficient (Wildman–Crippen LogP) is 0.175. The molecule has 0 aromatic carbocycles. The largest absolute Gasteiger partial charge is 0.345 e. The van der Waals surface area contributed by atoms with Crippen molar-refractivity contribution in [2.75, 3.05) is 18.6 Å². The summed E-state index contributed by atoms with van der Waals surface area (Å²) in [4.78, 5) is 22.4. The molecule has 0 radical (unpaired) electrons. The molecule has 0 aromatic heterocycles. The second kappa shape index (κ2) is 6.85. The number of hydrogen-bond donors (Lipinski definition) is 2. The first kappa shape index (κ1) is 12.5. The zero-order valence-electron chi connectivity index (χ0n) is 8.99. The summed E-state index contributed by atoms with van der Waals surface area (Å²) in [5, 5.41) is 5.87. The lowest BCUT2D eigenvalue weighted by Gasteiger charge is -2.15. The van der Waals surface area contributed by atoms with Crippen molar-refractivity contribution in [3.05, 3.63) is 0 Å². The lowest BCUT2D eigenvalue weighted by atomic mass is 10.2. The van der Waals surface area contributed by atoms with Crippen molar-refractivity contribution in [1.82, 2.24) is 10.6 Å². The molecule has 15 heavy (non-hydrogen) atoms. The maximum Gasteiger partial charge on any atom is 0.237 e. The van der Waals surface area contributed by atoms with Crippen molar-refractivity contribution in [3.63, 3.8) is 0 Å². The molecule has 0 aromatic rings. The number of hydrogen-bond acceptors (Lipinski definition) is 4. The first-order chi connectivity index (χ1) is 7.27. The molecule has 0 spiro atoms. The van der Waals surface area contributed by atoms with E-state index in [4.69, 9.17) is 0 Å². The van der Waals surface area contributed by atoms with Crippen LogP contribution in [0, 0.1) is 0 Å². The number of amides is 1. The number of nitrogens with one attached hydrogen (secondary N) is 2. The Labute approximate surface area is 94.6 Å². The maximum absolute atomic E-state index is 11.6. The molecule has 5 heteroatoms. The van der Waals surface area contributed by atoms with Gasteiger partial charge in [0.25, 0.3) is 0 Å². The molecule has 1 heterocycles. The molecule has 1 fully saturated rings. The van der Waals surface area contributed by atoms with Crippen molar-refractivity contribution in [2.24, 2.45) is 0 Å². The van der Waals surface area contributed by atoms with Crippen LogP contribution in [0.15, 0.2) is 0 Å². The molecule has 1 aliphatic heterocycles. The molecule has 2 unspecified atom stereocenters. The highest BCUT2D eigenvalue weighted by Gasteiger charge is 2.23. The van der Waals surface area contributed by atoms with Crippen molar-refractivity contribution >= 4 is 24.0 Å². The van der Waals surface area contributed by atoms with Crippen LogP contribution in [0.1, 0.15) is 19.3 Å². The van der Waals surface area contributed by atoms with E-state index in [9.17, 15) is 9.59 Å². The summed E-state index contributed by atoms with van der Waals surface area (Å²) in [6.45, 7) is 0.897. The summed E-state index contributed by atoms with van der Waals surface area (Å²) in [5.74, 6) is 0.854. The normalized spacial score (nSPS) is 22.3. The van der Waals surface area contributed by atoms with Gasteiger partial charge in [-0.15, -0.1) is 0 Å². The third kappa shape index (κ3) is 4.22. The number of aldehydes is 1. The maximum atomic E-state index is 11.6. The van der Waals surface area contributed by atoms with Crippen LogP contribution in [-0.4, -0.2) is 42.8 Å². The summed E-state index contributed by atoms with van der Waals surface area (Å²) in [7, 11) is 0. The number of rotatable bonds is 6. The van der Waals surface area contributed by atoms with Crippen LogP contribution in [-0.2, 0) is 9.59 Å². The van der Waals surface area contributed by atoms with Crippen LogP contribution in [0.4, 0.5) is 0 Å². The summed E-state index contributed by atoms with van der Waals surface area (Å²) < 4.78 is 0. The van der Waals surface area contributed by atoms with Gasteiger partial charge >= 0.3 is 0 Å². The number of thioether (sulfide) groups is 1. The van der Waals surface area contributed by atoms with Gasteiger partial charge in [0.05, 0.1) is 12.1 Å². The molecule has 1 rings (SSSR count). The van der Waals surface area contributed by atoms with Crippen LogP contribution in [0.5, 0.6) is 0 Å². The molecule has 0 aliphatic carbocycles. The molecule has 0 bridgehead atoms. The van der Waals surface area contributed by atoms with Gasteiger partial charge in [0.15, 0.2) is 0 Å². The molecule has 86 valence electrons. The molecule has 1 saturated heterocycles. The first-order valence-corrected chi connectivity index (χ1v) is 6.65. The highest BCUT2D eigenvalue weighted by molar-refractivity contribution is 7.98. The van der Waals surface area contributed by atoms with Crippen LogP contribution < -0.4 is 10.6 Å². The Kier molecular flexibility index (Phi) is 5.71. The highest BCUT2D eigenvalue weighted by atomic mass is 32.2. The molecule has 4 nitrogen and oxygen atoms in total. The van der Waals surface area contributed by atoms with Crippen LogP contribution >= 0.6 is 11.8 Å². The van der Waals surface area contributed by atoms with Crippen LogP contribution in [0.25, 0.3) is 0 Å². The van der Waals surface area contributed by atoms with Crippen molar-refractivity contribution in [1.29, 1.82) is 0 Å². The van der Waals surface area contributed by atoms with Gasteiger partial charge in [-0.05, 0) is 37.8 Å². The molecular formula is C10H18N2O2S. The second-order valence-corrected chi connectivity index (χ2v) is 4.67. The van der Waals surface area contributed by atoms with E-state index in [1.165, 1.54) is 0 Å². The third-order valence-electron chi connectivity index (χ3n) is 2.50. The molecule has 1 aliphatic rings. The van der Waals surface area contributed by atoms with Crippen LogP contribution in [0.2, 0.25) is 0 Å². The SMILES string of the molecule is CSCCC(C=O)NC(=O)C1CCCN1. The Bertz CT molecular complexity index is 217. The van der Waals surface area contributed by atoms with E-state index < -0.39 is 0 Å². The molecule has 1 amide bonds. The van der Waals surface area contributed by atoms with Gasteiger partial charge < -0.3 is 15.4 Å². The first-order valence-electron chi connectivity index (χ1n) is 5.26. The van der Waals surface area contributed by atoms with E-state index >= 15 is 0 Å². The van der Waals surface area contributed by atoms with E-state index in [0.717, 1.165) is 31.4 Å². The Balaban J connectivity index is 2.29. The topological polar surface area (TPSA) is 58.2 Å². The Hall–Kier alpha value is -0.550. The van der Waals surface area contributed by atoms with Gasteiger partial charge in [0, 0.05) is 0 Å². The zero-order valence-corrected chi connectivity index (χ0v) is 9.81. The Morgan fingerprint density at radius 3 is 3.07 bits per heavy atom. The van der Waals surface area contributed by atoms with E-state index in [1.807, 2.05) is 6.26 Å². The Morgan fingerprint density at radius 1 is 1.73 bits per heavy atom. The predicted molar refractivity (Wildman–Crippen MR) is 62.0 cm³/mol. The van der Waals surface area contributed by atoms with Crippen molar-refractivity contribution in [2.45, 2.75) is 31.3 Å². The average molecular weight is 230 g/mol. The third-order valence-corrected chi connectivity index (χ3v) is 3.15. The minimum Gasteiger partial charge on any atom is -0.345 e.